The monoisotopic (exact) mass is 446 g/mol. The summed E-state index contributed by atoms with van der Waals surface area (Å²) in [6.45, 7) is 1.44. The number of nitrogens with one attached hydrogen (secondary N) is 2. The lowest BCUT2D eigenvalue weighted by molar-refractivity contribution is -0.147. The van der Waals surface area contributed by atoms with Crippen molar-refractivity contribution in [2.75, 3.05) is 19.0 Å². The summed E-state index contributed by atoms with van der Waals surface area (Å²) in [4.78, 5) is 37.4. The Hall–Kier alpha value is -4.13. The van der Waals surface area contributed by atoms with Gasteiger partial charge in [-0.1, -0.05) is 54.6 Å². The maximum Gasteiger partial charge on any atom is 0.308 e. The highest BCUT2D eigenvalue weighted by molar-refractivity contribution is 5.95. The summed E-state index contributed by atoms with van der Waals surface area (Å²) < 4.78 is 10.4. The number of methoxy groups -OCH3 is 1. The Morgan fingerprint density at radius 2 is 1.58 bits per heavy atom. The first-order valence-corrected chi connectivity index (χ1v) is 10.5. The Bertz CT molecular complexity index is 1100. The zero-order chi connectivity index (χ0) is 23.6. The maximum atomic E-state index is 12.6. The van der Waals surface area contributed by atoms with E-state index in [0.717, 1.165) is 11.1 Å². The van der Waals surface area contributed by atoms with E-state index in [9.17, 15) is 14.4 Å². The van der Waals surface area contributed by atoms with Gasteiger partial charge in [-0.15, -0.1) is 0 Å². The number of rotatable bonds is 9. The van der Waals surface area contributed by atoms with E-state index in [1.807, 2.05) is 49.4 Å². The number of benzene rings is 3. The van der Waals surface area contributed by atoms with Crippen LogP contribution in [-0.4, -0.2) is 31.5 Å². The molecule has 0 aliphatic heterocycles. The van der Waals surface area contributed by atoms with Crippen molar-refractivity contribution in [2.24, 2.45) is 0 Å². The molecule has 3 aromatic carbocycles. The number of carbonyl (C=O) groups excluding carboxylic acids is 3. The zero-order valence-electron chi connectivity index (χ0n) is 18.5. The summed E-state index contributed by atoms with van der Waals surface area (Å²) >= 11 is 0. The molecule has 2 amide bonds. The zero-order valence-corrected chi connectivity index (χ0v) is 18.5. The molecule has 33 heavy (non-hydrogen) atoms. The quantitative estimate of drug-likeness (QED) is 0.484. The van der Waals surface area contributed by atoms with Crippen molar-refractivity contribution in [1.29, 1.82) is 0 Å². The van der Waals surface area contributed by atoms with Crippen LogP contribution < -0.4 is 15.4 Å². The predicted octanol–water partition coefficient (Wildman–Crippen LogP) is 4.05. The summed E-state index contributed by atoms with van der Waals surface area (Å²) in [7, 11) is 1.51. The van der Waals surface area contributed by atoms with Crippen LogP contribution in [0.5, 0.6) is 5.75 Å². The molecule has 170 valence electrons. The average molecular weight is 447 g/mol. The highest BCUT2D eigenvalue weighted by Crippen LogP contribution is 2.25. The van der Waals surface area contributed by atoms with E-state index in [2.05, 4.69) is 10.6 Å². The molecule has 3 rings (SSSR count). The summed E-state index contributed by atoms with van der Waals surface area (Å²) in [5.41, 5.74) is 2.68. The van der Waals surface area contributed by atoms with Crippen LogP contribution in [0.2, 0.25) is 0 Å². The number of amides is 2. The topological polar surface area (TPSA) is 93.7 Å². The molecule has 0 aliphatic rings. The fourth-order valence-electron chi connectivity index (χ4n) is 3.25. The van der Waals surface area contributed by atoms with Gasteiger partial charge in [0.2, 0.25) is 0 Å². The minimum atomic E-state index is -0.608. The van der Waals surface area contributed by atoms with Gasteiger partial charge in [0.15, 0.2) is 6.61 Å². The Morgan fingerprint density at radius 1 is 0.909 bits per heavy atom. The van der Waals surface area contributed by atoms with Crippen molar-refractivity contribution in [2.45, 2.75) is 19.4 Å². The molecule has 0 radical (unpaired) electrons. The number of anilines is 1. The lowest BCUT2D eigenvalue weighted by atomic mass is 10.0. The Balaban J connectivity index is 1.61. The van der Waals surface area contributed by atoms with Crippen molar-refractivity contribution < 1.29 is 23.9 Å². The van der Waals surface area contributed by atoms with Crippen LogP contribution in [0.3, 0.4) is 0 Å². The lowest BCUT2D eigenvalue weighted by Crippen LogP contribution is -2.31. The molecule has 0 aromatic heterocycles. The van der Waals surface area contributed by atoms with E-state index in [-0.39, 0.29) is 12.3 Å². The molecule has 3 aromatic rings. The molecular weight excluding hydrogens is 420 g/mol. The van der Waals surface area contributed by atoms with Gasteiger partial charge in [0.25, 0.3) is 11.8 Å². The van der Waals surface area contributed by atoms with Crippen molar-refractivity contribution in [3.63, 3.8) is 0 Å². The number of hydrogen-bond acceptors (Lipinski definition) is 5. The smallest absolute Gasteiger partial charge is 0.308 e. The van der Waals surface area contributed by atoms with Gasteiger partial charge in [-0.05, 0) is 42.3 Å². The second-order valence-electron chi connectivity index (χ2n) is 7.42. The summed E-state index contributed by atoms with van der Waals surface area (Å²) in [5, 5.41) is 5.56. The van der Waals surface area contributed by atoms with Crippen molar-refractivity contribution in [1.82, 2.24) is 5.32 Å². The minimum Gasteiger partial charge on any atom is -0.495 e. The van der Waals surface area contributed by atoms with Gasteiger partial charge >= 0.3 is 5.97 Å². The summed E-state index contributed by atoms with van der Waals surface area (Å²) in [5.74, 6) is -0.894. The third-order valence-corrected chi connectivity index (χ3v) is 4.91. The minimum absolute atomic E-state index is 0.121. The van der Waals surface area contributed by atoms with Gasteiger partial charge in [-0.25, -0.2) is 0 Å². The number of carbonyl (C=O) groups is 3. The Labute approximate surface area is 192 Å². The molecule has 7 heteroatoms. The Kier molecular flexibility index (Phi) is 8.18. The predicted molar refractivity (Wildman–Crippen MR) is 125 cm³/mol. The summed E-state index contributed by atoms with van der Waals surface area (Å²) in [6.07, 6.45) is -0.121. The number of ether oxygens (including phenoxy) is 2. The fraction of sp³-hybridized carbons (Fsp3) is 0.192. The van der Waals surface area contributed by atoms with Crippen LogP contribution in [0.15, 0.2) is 78.9 Å². The first-order chi connectivity index (χ1) is 16.0. The Morgan fingerprint density at radius 3 is 2.24 bits per heavy atom. The number of esters is 1. The van der Waals surface area contributed by atoms with Gasteiger partial charge in [-0.2, -0.15) is 0 Å². The number of hydrogen-bond donors (Lipinski definition) is 2. The van der Waals surface area contributed by atoms with Gasteiger partial charge in [0.1, 0.15) is 5.75 Å². The van der Waals surface area contributed by atoms with Gasteiger partial charge in [0, 0.05) is 5.56 Å². The molecular formula is C26H26N2O5. The molecule has 0 spiro atoms. The molecule has 1 atom stereocenters. The molecule has 2 N–H and O–H groups in total. The van der Waals surface area contributed by atoms with Crippen LogP contribution >= 0.6 is 0 Å². The third-order valence-electron chi connectivity index (χ3n) is 4.91. The molecule has 7 nitrogen and oxygen atoms in total. The maximum absolute atomic E-state index is 12.6. The number of aryl methyl sites for hydroxylation is 1. The first kappa shape index (κ1) is 23.5. The van der Waals surface area contributed by atoms with E-state index in [1.54, 1.807) is 36.4 Å². The highest BCUT2D eigenvalue weighted by Gasteiger charge is 2.21. The van der Waals surface area contributed by atoms with Crippen molar-refractivity contribution in [3.8, 4) is 5.75 Å². The van der Waals surface area contributed by atoms with E-state index in [1.165, 1.54) is 7.11 Å². The highest BCUT2D eigenvalue weighted by atomic mass is 16.5. The van der Waals surface area contributed by atoms with E-state index in [4.69, 9.17) is 9.47 Å². The molecule has 0 bridgehead atoms. The van der Waals surface area contributed by atoms with Crippen LogP contribution in [0.4, 0.5) is 5.69 Å². The lowest BCUT2D eigenvalue weighted by Gasteiger charge is -2.19. The largest absolute Gasteiger partial charge is 0.495 e. The standard InChI is InChI=1S/C26H26N2O5/c1-18-13-14-23(32-2)22(15-18)27-24(29)17-33-25(30)16-21(19-9-5-3-6-10-19)28-26(31)20-11-7-4-8-12-20/h3-15,21H,16-17H2,1-2H3,(H,27,29)(H,28,31). The molecule has 0 saturated heterocycles. The van der Waals surface area contributed by atoms with E-state index < -0.39 is 24.5 Å². The van der Waals surface area contributed by atoms with Gasteiger partial charge < -0.3 is 20.1 Å². The third kappa shape index (κ3) is 6.93. The van der Waals surface area contributed by atoms with Crippen molar-refractivity contribution in [3.05, 3.63) is 95.6 Å². The molecule has 0 saturated carbocycles. The molecule has 0 aliphatic carbocycles. The second kappa shape index (κ2) is 11.5. The normalized spacial score (nSPS) is 11.2. The second-order valence-corrected chi connectivity index (χ2v) is 7.42. The SMILES string of the molecule is COc1ccc(C)cc1NC(=O)COC(=O)CC(NC(=O)c1ccccc1)c1ccccc1. The van der Waals surface area contributed by atoms with Gasteiger partial charge in [0.05, 0.1) is 25.3 Å². The fourth-order valence-corrected chi connectivity index (χ4v) is 3.25. The van der Waals surface area contributed by atoms with Crippen LogP contribution in [0.25, 0.3) is 0 Å². The van der Waals surface area contributed by atoms with Crippen molar-refractivity contribution >= 4 is 23.5 Å². The first-order valence-electron chi connectivity index (χ1n) is 10.5. The van der Waals surface area contributed by atoms with Gasteiger partial charge in [-0.3, -0.25) is 14.4 Å². The van der Waals surface area contributed by atoms with Crippen LogP contribution in [0.1, 0.15) is 33.9 Å². The van der Waals surface area contributed by atoms with Crippen LogP contribution in [-0.2, 0) is 14.3 Å². The average Bonchev–Trinajstić information content (AvgIpc) is 2.83. The van der Waals surface area contributed by atoms with E-state index in [0.29, 0.717) is 17.0 Å². The van der Waals surface area contributed by atoms with E-state index >= 15 is 0 Å². The molecule has 1 unspecified atom stereocenters. The van der Waals surface area contributed by atoms with Crippen LogP contribution in [0, 0.1) is 6.92 Å². The molecule has 0 fully saturated rings. The molecule has 0 heterocycles. The summed E-state index contributed by atoms with van der Waals surface area (Å²) in [6, 6.07) is 22.6.